The summed E-state index contributed by atoms with van der Waals surface area (Å²) in [6.07, 6.45) is 1.62. The molecule has 2 N–H and O–H groups in total. The number of hydrogen-bond acceptors (Lipinski definition) is 3. The maximum Gasteiger partial charge on any atom is 0.244 e. The molecule has 0 fully saturated rings. The number of carbonyl (C=O) groups is 2. The zero-order valence-electron chi connectivity index (χ0n) is 12.5. The topological polar surface area (TPSA) is 70.6 Å². The number of anilines is 1. The molecule has 6 heteroatoms. The van der Waals surface area contributed by atoms with E-state index in [2.05, 4.69) is 15.8 Å². The monoisotopic (exact) mass is 313 g/mol. The van der Waals surface area contributed by atoms with Crippen LogP contribution in [0.15, 0.2) is 53.6 Å². The van der Waals surface area contributed by atoms with E-state index in [1.165, 1.54) is 25.3 Å². The molecule has 118 valence electrons. The van der Waals surface area contributed by atoms with Gasteiger partial charge in [0.05, 0.1) is 12.6 Å². The van der Waals surface area contributed by atoms with Crippen LogP contribution in [0.2, 0.25) is 0 Å². The Labute approximate surface area is 133 Å². The van der Waals surface area contributed by atoms with Gasteiger partial charge < -0.3 is 5.32 Å². The molecule has 0 aromatic heterocycles. The van der Waals surface area contributed by atoms with E-state index in [1.807, 2.05) is 0 Å². The number of carbonyl (C=O) groups excluding carboxylic acids is 2. The first-order chi connectivity index (χ1) is 11.0. The van der Waals surface area contributed by atoms with Gasteiger partial charge in [0.25, 0.3) is 0 Å². The summed E-state index contributed by atoms with van der Waals surface area (Å²) in [5.41, 5.74) is 4.58. The lowest BCUT2D eigenvalue weighted by Gasteiger charge is -2.02. The van der Waals surface area contributed by atoms with Crippen molar-refractivity contribution in [3.8, 4) is 0 Å². The maximum atomic E-state index is 12.8. The van der Waals surface area contributed by atoms with E-state index in [4.69, 9.17) is 0 Å². The van der Waals surface area contributed by atoms with Gasteiger partial charge >= 0.3 is 0 Å². The van der Waals surface area contributed by atoms with Gasteiger partial charge in [0, 0.05) is 12.6 Å². The number of hydrogen-bond donors (Lipinski definition) is 2. The van der Waals surface area contributed by atoms with Crippen molar-refractivity contribution in [3.05, 3.63) is 65.5 Å². The number of hydrazone groups is 1. The van der Waals surface area contributed by atoms with Gasteiger partial charge in [-0.3, -0.25) is 9.59 Å². The number of halogens is 1. The standard InChI is InChI=1S/C17H16FN3O2/c1-12(22)20-16-8-4-14(5-9-16)11-19-21-17(23)10-13-2-6-15(18)7-3-13/h2-9,11H,10H2,1H3,(H,20,22)(H,21,23)/b19-11+. The lowest BCUT2D eigenvalue weighted by Crippen LogP contribution is -2.19. The maximum absolute atomic E-state index is 12.8. The van der Waals surface area contributed by atoms with Crippen LogP contribution >= 0.6 is 0 Å². The van der Waals surface area contributed by atoms with Crippen LogP contribution in [-0.4, -0.2) is 18.0 Å². The number of nitrogens with one attached hydrogen (secondary N) is 2. The van der Waals surface area contributed by atoms with Crippen molar-refractivity contribution >= 4 is 23.7 Å². The van der Waals surface area contributed by atoms with Crippen molar-refractivity contribution in [1.82, 2.24) is 5.43 Å². The fourth-order valence-electron chi connectivity index (χ4n) is 1.86. The molecule has 0 aliphatic heterocycles. The zero-order valence-corrected chi connectivity index (χ0v) is 12.5. The molecule has 0 spiro atoms. The summed E-state index contributed by atoms with van der Waals surface area (Å²) in [7, 11) is 0. The molecule has 5 nitrogen and oxygen atoms in total. The first kappa shape index (κ1) is 16.4. The molecule has 0 atom stereocenters. The van der Waals surface area contributed by atoms with Crippen LogP contribution in [0, 0.1) is 5.82 Å². The van der Waals surface area contributed by atoms with Gasteiger partial charge in [-0.1, -0.05) is 24.3 Å². The third-order valence-electron chi connectivity index (χ3n) is 2.91. The number of rotatable bonds is 5. The quantitative estimate of drug-likeness (QED) is 0.657. The Morgan fingerprint density at radius 3 is 2.35 bits per heavy atom. The molecule has 0 aliphatic rings. The normalized spacial score (nSPS) is 10.5. The number of nitrogens with zero attached hydrogens (tertiary/aromatic N) is 1. The van der Waals surface area contributed by atoms with E-state index >= 15 is 0 Å². The molecular weight excluding hydrogens is 297 g/mol. The smallest absolute Gasteiger partial charge is 0.244 e. The Hall–Kier alpha value is -3.02. The predicted molar refractivity (Wildman–Crippen MR) is 86.6 cm³/mol. The number of amides is 2. The molecule has 0 saturated carbocycles. The van der Waals surface area contributed by atoms with Crippen LogP contribution in [-0.2, 0) is 16.0 Å². The molecule has 0 heterocycles. The fraction of sp³-hybridized carbons (Fsp3) is 0.118. The average Bonchev–Trinajstić information content (AvgIpc) is 2.51. The Morgan fingerprint density at radius 2 is 1.74 bits per heavy atom. The van der Waals surface area contributed by atoms with Crippen molar-refractivity contribution in [3.63, 3.8) is 0 Å². The Balaban J connectivity index is 1.84. The van der Waals surface area contributed by atoms with Gasteiger partial charge in [-0.15, -0.1) is 0 Å². The Kier molecular flexibility index (Phi) is 5.57. The molecule has 2 amide bonds. The third-order valence-corrected chi connectivity index (χ3v) is 2.91. The lowest BCUT2D eigenvalue weighted by atomic mass is 10.1. The highest BCUT2D eigenvalue weighted by Crippen LogP contribution is 2.08. The third kappa shape index (κ3) is 5.70. The fourth-order valence-corrected chi connectivity index (χ4v) is 1.86. The molecule has 0 unspecified atom stereocenters. The van der Waals surface area contributed by atoms with Crippen LogP contribution in [0.1, 0.15) is 18.1 Å². The zero-order chi connectivity index (χ0) is 16.7. The van der Waals surface area contributed by atoms with Crippen molar-refractivity contribution in [2.45, 2.75) is 13.3 Å². The lowest BCUT2D eigenvalue weighted by molar-refractivity contribution is -0.120. The minimum Gasteiger partial charge on any atom is -0.326 e. The predicted octanol–water partition coefficient (Wildman–Crippen LogP) is 2.48. The highest BCUT2D eigenvalue weighted by Gasteiger charge is 2.02. The van der Waals surface area contributed by atoms with E-state index < -0.39 is 0 Å². The first-order valence-electron chi connectivity index (χ1n) is 6.97. The van der Waals surface area contributed by atoms with Gasteiger partial charge in [-0.05, 0) is 35.4 Å². The minimum absolute atomic E-state index is 0.124. The number of benzene rings is 2. The summed E-state index contributed by atoms with van der Waals surface area (Å²) in [6.45, 7) is 1.44. The van der Waals surface area contributed by atoms with Crippen LogP contribution in [0.5, 0.6) is 0 Å². The average molecular weight is 313 g/mol. The second-order valence-electron chi connectivity index (χ2n) is 4.90. The van der Waals surface area contributed by atoms with Crippen LogP contribution < -0.4 is 10.7 Å². The molecule has 0 bridgehead atoms. The molecule has 2 aromatic carbocycles. The van der Waals surface area contributed by atoms with E-state index in [1.54, 1.807) is 36.4 Å². The highest BCUT2D eigenvalue weighted by molar-refractivity contribution is 5.89. The molecule has 0 aliphatic carbocycles. The second kappa shape index (κ2) is 7.84. The van der Waals surface area contributed by atoms with E-state index in [9.17, 15) is 14.0 Å². The van der Waals surface area contributed by atoms with Crippen molar-refractivity contribution in [2.75, 3.05) is 5.32 Å². The second-order valence-corrected chi connectivity index (χ2v) is 4.90. The SMILES string of the molecule is CC(=O)Nc1ccc(/C=N/NC(=O)Cc2ccc(F)cc2)cc1. The summed E-state index contributed by atoms with van der Waals surface area (Å²) in [4.78, 5) is 22.6. The van der Waals surface area contributed by atoms with Crippen LogP contribution in [0.4, 0.5) is 10.1 Å². The van der Waals surface area contributed by atoms with E-state index in [0.29, 0.717) is 11.3 Å². The van der Waals surface area contributed by atoms with Crippen molar-refractivity contribution in [2.24, 2.45) is 5.10 Å². The summed E-state index contributed by atoms with van der Waals surface area (Å²) in [5, 5.41) is 6.52. The summed E-state index contributed by atoms with van der Waals surface area (Å²) < 4.78 is 12.8. The van der Waals surface area contributed by atoms with Gasteiger partial charge in [-0.2, -0.15) is 5.10 Å². The largest absolute Gasteiger partial charge is 0.326 e. The van der Waals surface area contributed by atoms with Gasteiger partial charge in [0.2, 0.25) is 11.8 Å². The Bertz CT molecular complexity index is 710. The molecule has 0 radical (unpaired) electrons. The van der Waals surface area contributed by atoms with Crippen LogP contribution in [0.25, 0.3) is 0 Å². The molecule has 23 heavy (non-hydrogen) atoms. The van der Waals surface area contributed by atoms with E-state index in [0.717, 1.165) is 5.56 Å². The summed E-state index contributed by atoms with van der Waals surface area (Å²) in [5.74, 6) is -0.767. The summed E-state index contributed by atoms with van der Waals surface area (Å²) in [6, 6.07) is 12.7. The van der Waals surface area contributed by atoms with Crippen LogP contribution in [0.3, 0.4) is 0 Å². The van der Waals surface area contributed by atoms with Gasteiger partial charge in [0.15, 0.2) is 0 Å². The van der Waals surface area contributed by atoms with Crippen molar-refractivity contribution in [1.29, 1.82) is 0 Å². The van der Waals surface area contributed by atoms with Gasteiger partial charge in [0.1, 0.15) is 5.82 Å². The van der Waals surface area contributed by atoms with Crippen molar-refractivity contribution < 1.29 is 14.0 Å². The first-order valence-corrected chi connectivity index (χ1v) is 6.97. The summed E-state index contributed by atoms with van der Waals surface area (Å²) >= 11 is 0. The highest BCUT2D eigenvalue weighted by atomic mass is 19.1. The Morgan fingerprint density at radius 1 is 1.09 bits per heavy atom. The molecule has 2 aromatic rings. The molecule has 2 rings (SSSR count). The minimum atomic E-state index is -0.338. The molecule has 0 saturated heterocycles. The van der Waals surface area contributed by atoms with E-state index in [-0.39, 0.29) is 24.1 Å². The molecular formula is C17H16FN3O2. The van der Waals surface area contributed by atoms with Gasteiger partial charge in [-0.25, -0.2) is 9.82 Å².